The van der Waals surface area contributed by atoms with Crippen LogP contribution in [0.5, 0.6) is 0 Å². The summed E-state index contributed by atoms with van der Waals surface area (Å²) in [6.45, 7) is 0.169. The van der Waals surface area contributed by atoms with Crippen molar-refractivity contribution in [3.8, 4) is 0 Å². The Morgan fingerprint density at radius 2 is 1.75 bits per heavy atom. The van der Waals surface area contributed by atoms with E-state index in [0.717, 1.165) is 22.8 Å². The number of hydrazone groups is 1. The average molecular weight is 448 g/mol. The zero-order valence-electron chi connectivity index (χ0n) is 17.2. The first-order valence-corrected chi connectivity index (χ1v) is 11.9. The molecule has 3 aromatic rings. The largest absolute Gasteiger partial charge is 0.299 e. The van der Waals surface area contributed by atoms with Crippen LogP contribution in [0.3, 0.4) is 0 Å². The van der Waals surface area contributed by atoms with Gasteiger partial charge in [0.15, 0.2) is 0 Å². The van der Waals surface area contributed by atoms with Gasteiger partial charge >= 0.3 is 0 Å². The van der Waals surface area contributed by atoms with E-state index in [2.05, 4.69) is 10.5 Å². The number of nitrogens with one attached hydrogen (secondary N) is 1. The zero-order chi connectivity index (χ0) is 22.3. The van der Waals surface area contributed by atoms with Crippen molar-refractivity contribution in [2.24, 2.45) is 5.10 Å². The summed E-state index contributed by atoms with van der Waals surface area (Å²) in [5.74, 6) is -0.226. The third-order valence-electron chi connectivity index (χ3n) is 5.86. The Labute approximate surface area is 185 Å². The molecule has 162 valence electrons. The predicted molar refractivity (Wildman–Crippen MR) is 122 cm³/mol. The van der Waals surface area contributed by atoms with Gasteiger partial charge < -0.3 is 0 Å². The Kier molecular flexibility index (Phi) is 5.01. The minimum atomic E-state index is -3.64. The fourth-order valence-corrected chi connectivity index (χ4v) is 5.94. The number of hydrogen-bond donors (Lipinski definition) is 1. The Morgan fingerprint density at radius 1 is 1.00 bits per heavy atom. The quantitative estimate of drug-likeness (QED) is 0.616. The monoisotopic (exact) mass is 447 g/mol. The summed E-state index contributed by atoms with van der Waals surface area (Å²) in [6.07, 6.45) is 2.34. The van der Waals surface area contributed by atoms with Crippen molar-refractivity contribution < 1.29 is 18.0 Å². The molecule has 0 atom stereocenters. The van der Waals surface area contributed by atoms with E-state index in [-0.39, 0.29) is 18.2 Å². The highest BCUT2D eigenvalue weighted by Crippen LogP contribution is 2.42. The Hall–Kier alpha value is -3.52. The molecule has 0 saturated heterocycles. The van der Waals surface area contributed by atoms with Gasteiger partial charge in [0.1, 0.15) is 5.78 Å². The van der Waals surface area contributed by atoms with E-state index in [4.69, 9.17) is 0 Å². The van der Waals surface area contributed by atoms with Crippen LogP contribution in [0.25, 0.3) is 10.8 Å². The first-order chi connectivity index (χ1) is 15.4. The van der Waals surface area contributed by atoms with Gasteiger partial charge in [-0.05, 0) is 48.1 Å². The number of ketones is 1. The summed E-state index contributed by atoms with van der Waals surface area (Å²) >= 11 is 0. The number of sulfonamides is 1. The van der Waals surface area contributed by atoms with E-state index in [9.17, 15) is 18.0 Å². The van der Waals surface area contributed by atoms with Crippen LogP contribution >= 0.6 is 0 Å². The lowest BCUT2D eigenvalue weighted by Crippen LogP contribution is -2.26. The van der Waals surface area contributed by atoms with Gasteiger partial charge in [-0.25, -0.2) is 13.8 Å². The third kappa shape index (κ3) is 3.56. The zero-order valence-corrected chi connectivity index (χ0v) is 18.1. The molecule has 0 unspecified atom stereocenters. The molecule has 1 aliphatic carbocycles. The highest BCUT2D eigenvalue weighted by atomic mass is 32.2. The van der Waals surface area contributed by atoms with Crippen molar-refractivity contribution in [1.29, 1.82) is 0 Å². The fourth-order valence-electron chi connectivity index (χ4n) is 4.24. The van der Waals surface area contributed by atoms with Crippen molar-refractivity contribution >= 4 is 43.9 Å². The highest BCUT2D eigenvalue weighted by Gasteiger charge is 2.35. The summed E-state index contributed by atoms with van der Waals surface area (Å²) < 4.78 is 27.7. The average Bonchev–Trinajstić information content (AvgIpc) is 3.01. The van der Waals surface area contributed by atoms with Gasteiger partial charge in [-0.1, -0.05) is 36.4 Å². The second-order valence-corrected chi connectivity index (χ2v) is 9.86. The number of hydrogen-bond acceptors (Lipinski definition) is 5. The second kappa shape index (κ2) is 7.87. The molecule has 1 heterocycles. The third-order valence-corrected chi connectivity index (χ3v) is 7.66. The van der Waals surface area contributed by atoms with Crippen molar-refractivity contribution in [2.45, 2.75) is 37.1 Å². The number of carbonyl (C=O) groups excluding carboxylic acids is 2. The molecule has 7 nitrogen and oxygen atoms in total. The van der Waals surface area contributed by atoms with E-state index in [1.54, 1.807) is 36.4 Å². The molecule has 8 heteroatoms. The molecule has 5 rings (SSSR count). The van der Waals surface area contributed by atoms with Crippen LogP contribution in [0.4, 0.5) is 5.69 Å². The normalized spacial score (nSPS) is 18.3. The summed E-state index contributed by atoms with van der Waals surface area (Å²) in [7, 11) is -3.64. The van der Waals surface area contributed by atoms with E-state index in [0.29, 0.717) is 41.1 Å². The first kappa shape index (κ1) is 20.4. The maximum atomic E-state index is 13.1. The molecular formula is C24H21N3O4S. The lowest BCUT2D eigenvalue weighted by atomic mass is 9.97. The van der Waals surface area contributed by atoms with Crippen LogP contribution in [0.15, 0.2) is 70.7 Å². The molecule has 1 N–H and O–H groups in total. The molecule has 0 radical (unpaired) electrons. The minimum absolute atomic E-state index is 0.142. The highest BCUT2D eigenvalue weighted by molar-refractivity contribution is 7.93. The molecule has 1 amide bonds. The number of nitrogens with zero attached hydrogens (tertiary/aromatic N) is 2. The Balaban J connectivity index is 1.33. The predicted octanol–water partition coefficient (Wildman–Crippen LogP) is 3.78. The summed E-state index contributed by atoms with van der Waals surface area (Å²) in [4.78, 5) is 24.2. The van der Waals surface area contributed by atoms with Gasteiger partial charge in [0, 0.05) is 29.5 Å². The van der Waals surface area contributed by atoms with E-state index < -0.39 is 10.0 Å². The molecule has 32 heavy (non-hydrogen) atoms. The number of rotatable bonds is 4. The lowest BCUT2D eigenvalue weighted by molar-refractivity contribution is -0.118. The first-order valence-electron chi connectivity index (χ1n) is 10.4. The SMILES string of the molecule is O=C1CCC/C(=N\NC(=O)c2ccc(CN3c4cccc5cccc(c45)S3(=O)=O)cc2)C1. The maximum absolute atomic E-state index is 13.1. The van der Waals surface area contributed by atoms with Gasteiger partial charge in [0.25, 0.3) is 15.9 Å². The van der Waals surface area contributed by atoms with Crippen LogP contribution in [0.1, 0.15) is 41.6 Å². The molecule has 2 aliphatic rings. The van der Waals surface area contributed by atoms with Gasteiger partial charge in [0.2, 0.25) is 0 Å². The maximum Gasteiger partial charge on any atom is 0.271 e. The Morgan fingerprint density at radius 3 is 2.50 bits per heavy atom. The molecular weight excluding hydrogens is 426 g/mol. The van der Waals surface area contributed by atoms with Gasteiger partial charge in [-0.2, -0.15) is 5.10 Å². The molecule has 0 bridgehead atoms. The van der Waals surface area contributed by atoms with Crippen LogP contribution in [0.2, 0.25) is 0 Å². The van der Waals surface area contributed by atoms with Gasteiger partial charge in [-0.15, -0.1) is 0 Å². The molecule has 0 aromatic heterocycles. The smallest absolute Gasteiger partial charge is 0.271 e. The van der Waals surface area contributed by atoms with E-state index >= 15 is 0 Å². The standard InChI is InChI=1S/C24H21N3O4S/c28-20-7-3-6-19(14-20)25-26-24(29)18-12-10-16(11-13-18)15-27-21-8-1-4-17-5-2-9-22(23(17)21)32(27,30)31/h1-2,4-5,8-13H,3,6-7,14-15H2,(H,26,29)/b25-19+. The second-order valence-electron chi connectivity index (χ2n) is 8.03. The number of amides is 1. The molecule has 1 fully saturated rings. The Bertz CT molecular complexity index is 1370. The number of carbonyl (C=O) groups is 2. The van der Waals surface area contributed by atoms with Gasteiger partial charge in [-0.3, -0.25) is 13.9 Å². The lowest BCUT2D eigenvalue weighted by Gasteiger charge is -2.19. The number of Topliss-reactive ketones (excluding diaryl/α,β-unsaturated/α-hetero) is 1. The summed E-state index contributed by atoms with van der Waals surface area (Å²) in [6, 6.07) is 17.6. The van der Waals surface area contributed by atoms with Gasteiger partial charge in [0.05, 0.1) is 17.1 Å². The van der Waals surface area contributed by atoms with E-state index in [1.807, 2.05) is 24.3 Å². The molecule has 0 spiro atoms. The van der Waals surface area contributed by atoms with E-state index in [1.165, 1.54) is 4.31 Å². The fraction of sp³-hybridized carbons (Fsp3) is 0.208. The minimum Gasteiger partial charge on any atom is -0.299 e. The summed E-state index contributed by atoms with van der Waals surface area (Å²) in [5, 5.41) is 5.72. The molecule has 1 aliphatic heterocycles. The van der Waals surface area contributed by atoms with Crippen LogP contribution < -0.4 is 9.73 Å². The summed E-state index contributed by atoms with van der Waals surface area (Å²) in [5.41, 5.74) is 5.04. The van der Waals surface area contributed by atoms with Crippen molar-refractivity contribution in [1.82, 2.24) is 5.43 Å². The van der Waals surface area contributed by atoms with Crippen molar-refractivity contribution in [3.63, 3.8) is 0 Å². The molecule has 3 aromatic carbocycles. The van der Waals surface area contributed by atoms with Crippen LogP contribution in [-0.2, 0) is 21.4 Å². The number of benzene rings is 3. The molecule has 1 saturated carbocycles. The van der Waals surface area contributed by atoms with Crippen molar-refractivity contribution in [3.05, 3.63) is 71.8 Å². The number of anilines is 1. The van der Waals surface area contributed by atoms with Crippen LogP contribution in [-0.4, -0.2) is 25.8 Å². The van der Waals surface area contributed by atoms with Crippen LogP contribution in [0, 0.1) is 0 Å². The van der Waals surface area contributed by atoms with Crippen molar-refractivity contribution in [2.75, 3.05) is 4.31 Å². The topological polar surface area (TPSA) is 95.9 Å².